The molecule has 0 aliphatic heterocycles. The summed E-state index contributed by atoms with van der Waals surface area (Å²) in [6.45, 7) is 4.47. The van der Waals surface area contributed by atoms with E-state index < -0.39 is 0 Å². The third-order valence-corrected chi connectivity index (χ3v) is 2.56. The van der Waals surface area contributed by atoms with Gasteiger partial charge in [0.25, 0.3) is 0 Å². The van der Waals surface area contributed by atoms with E-state index in [0.29, 0.717) is 11.8 Å². The molecule has 0 spiro atoms. The fourth-order valence-corrected chi connectivity index (χ4v) is 1.59. The standard InChI is InChI=1S/C9H16N4O2S/c1-3-4-15-8-11-7(10)12-9(13-8)16-6(2)5-14/h6,14H,3-5H2,1-2H3,(H2,10,11,12,13). The molecule has 0 saturated carbocycles. The second-order valence-corrected chi connectivity index (χ2v) is 4.62. The van der Waals surface area contributed by atoms with E-state index in [1.807, 2.05) is 13.8 Å². The Kier molecular flexibility index (Phi) is 5.27. The van der Waals surface area contributed by atoms with Crippen molar-refractivity contribution in [2.24, 2.45) is 0 Å². The highest BCUT2D eigenvalue weighted by Crippen LogP contribution is 2.20. The maximum atomic E-state index is 8.92. The topological polar surface area (TPSA) is 94.2 Å². The highest BCUT2D eigenvalue weighted by atomic mass is 32.2. The summed E-state index contributed by atoms with van der Waals surface area (Å²) in [5, 5.41) is 9.41. The van der Waals surface area contributed by atoms with E-state index in [9.17, 15) is 0 Å². The zero-order valence-corrected chi connectivity index (χ0v) is 10.2. The minimum Gasteiger partial charge on any atom is -0.463 e. The summed E-state index contributed by atoms with van der Waals surface area (Å²) in [5.74, 6) is 0.133. The first-order valence-electron chi connectivity index (χ1n) is 5.07. The van der Waals surface area contributed by atoms with Crippen LogP contribution in [0.3, 0.4) is 0 Å². The molecule has 0 amide bonds. The van der Waals surface area contributed by atoms with Gasteiger partial charge in [0.05, 0.1) is 13.2 Å². The molecule has 3 N–H and O–H groups in total. The number of rotatable bonds is 6. The second-order valence-electron chi connectivity index (χ2n) is 3.22. The highest BCUT2D eigenvalue weighted by Gasteiger charge is 2.09. The fourth-order valence-electron chi connectivity index (χ4n) is 0.881. The number of anilines is 1. The number of nitrogens with zero attached hydrogens (tertiary/aromatic N) is 3. The molecule has 7 heteroatoms. The zero-order chi connectivity index (χ0) is 12.0. The van der Waals surface area contributed by atoms with Gasteiger partial charge in [-0.05, 0) is 6.42 Å². The minimum atomic E-state index is 0.0147. The van der Waals surface area contributed by atoms with Crippen molar-refractivity contribution < 1.29 is 9.84 Å². The van der Waals surface area contributed by atoms with Crippen molar-refractivity contribution in [1.29, 1.82) is 0 Å². The van der Waals surface area contributed by atoms with Crippen LogP contribution in [0.2, 0.25) is 0 Å². The summed E-state index contributed by atoms with van der Waals surface area (Å²) in [5.41, 5.74) is 5.53. The first kappa shape index (κ1) is 13.0. The van der Waals surface area contributed by atoms with Gasteiger partial charge in [0, 0.05) is 5.25 Å². The Bertz CT molecular complexity index is 337. The molecule has 0 saturated heterocycles. The first-order valence-corrected chi connectivity index (χ1v) is 5.95. The van der Waals surface area contributed by atoms with Gasteiger partial charge in [-0.3, -0.25) is 0 Å². The second kappa shape index (κ2) is 6.49. The summed E-state index contributed by atoms with van der Waals surface area (Å²) in [6.07, 6.45) is 0.876. The van der Waals surface area contributed by atoms with Crippen molar-refractivity contribution in [2.75, 3.05) is 18.9 Å². The Morgan fingerprint density at radius 1 is 1.44 bits per heavy atom. The third kappa shape index (κ3) is 4.19. The molecule has 16 heavy (non-hydrogen) atoms. The van der Waals surface area contributed by atoms with E-state index >= 15 is 0 Å². The van der Waals surface area contributed by atoms with Crippen LogP contribution in [0.5, 0.6) is 6.01 Å². The van der Waals surface area contributed by atoms with Gasteiger partial charge in [0.1, 0.15) is 0 Å². The maximum Gasteiger partial charge on any atom is 0.322 e. The van der Waals surface area contributed by atoms with Gasteiger partial charge in [-0.1, -0.05) is 25.6 Å². The Labute approximate surface area is 98.7 Å². The summed E-state index contributed by atoms with van der Waals surface area (Å²) in [7, 11) is 0. The van der Waals surface area contributed by atoms with Crippen LogP contribution >= 0.6 is 11.8 Å². The van der Waals surface area contributed by atoms with Crippen molar-refractivity contribution in [1.82, 2.24) is 15.0 Å². The van der Waals surface area contributed by atoms with Crippen molar-refractivity contribution in [3.05, 3.63) is 0 Å². The van der Waals surface area contributed by atoms with Crippen LogP contribution in [0.4, 0.5) is 5.95 Å². The fraction of sp³-hybridized carbons (Fsp3) is 0.667. The maximum absolute atomic E-state index is 8.92. The summed E-state index contributed by atoms with van der Waals surface area (Å²) in [6, 6.07) is 0.238. The number of hydrogen-bond acceptors (Lipinski definition) is 7. The molecular weight excluding hydrogens is 228 g/mol. The van der Waals surface area contributed by atoms with Crippen molar-refractivity contribution in [3.8, 4) is 6.01 Å². The van der Waals surface area contributed by atoms with Gasteiger partial charge in [0.2, 0.25) is 5.95 Å². The van der Waals surface area contributed by atoms with Crippen LogP contribution < -0.4 is 10.5 Å². The number of aliphatic hydroxyl groups excluding tert-OH is 1. The number of nitrogens with two attached hydrogens (primary N) is 1. The van der Waals surface area contributed by atoms with E-state index in [1.54, 1.807) is 0 Å². The van der Waals surface area contributed by atoms with Crippen LogP contribution in [0.15, 0.2) is 5.16 Å². The normalized spacial score (nSPS) is 12.4. The first-order chi connectivity index (χ1) is 7.65. The number of hydrogen-bond donors (Lipinski definition) is 2. The minimum absolute atomic E-state index is 0.0147. The van der Waals surface area contributed by atoms with Gasteiger partial charge < -0.3 is 15.6 Å². The molecule has 1 aromatic rings. The average molecular weight is 244 g/mol. The molecule has 90 valence electrons. The Morgan fingerprint density at radius 2 is 2.19 bits per heavy atom. The third-order valence-electron chi connectivity index (χ3n) is 1.61. The Hall–Kier alpha value is -1.08. The van der Waals surface area contributed by atoms with Crippen LogP contribution in [0, 0.1) is 0 Å². The van der Waals surface area contributed by atoms with E-state index in [4.69, 9.17) is 15.6 Å². The molecule has 0 fully saturated rings. The van der Waals surface area contributed by atoms with Crippen LogP contribution in [-0.4, -0.2) is 38.5 Å². The summed E-state index contributed by atoms with van der Waals surface area (Å²) >= 11 is 1.33. The molecule has 1 heterocycles. The lowest BCUT2D eigenvalue weighted by Crippen LogP contribution is -2.08. The molecule has 0 aliphatic rings. The largest absolute Gasteiger partial charge is 0.463 e. The van der Waals surface area contributed by atoms with E-state index in [2.05, 4.69) is 15.0 Å². The monoisotopic (exact) mass is 244 g/mol. The molecule has 0 aromatic carbocycles. The van der Waals surface area contributed by atoms with Crippen molar-refractivity contribution in [2.45, 2.75) is 30.7 Å². The number of nitrogen functional groups attached to an aromatic ring is 1. The lowest BCUT2D eigenvalue weighted by molar-refractivity contribution is 0.288. The van der Waals surface area contributed by atoms with Gasteiger partial charge >= 0.3 is 6.01 Å². The molecule has 1 unspecified atom stereocenters. The molecule has 6 nitrogen and oxygen atoms in total. The molecular formula is C9H16N4O2S. The van der Waals surface area contributed by atoms with E-state index in [-0.39, 0.29) is 23.8 Å². The molecule has 0 aliphatic carbocycles. The summed E-state index contributed by atoms with van der Waals surface area (Å²) < 4.78 is 5.27. The smallest absolute Gasteiger partial charge is 0.322 e. The zero-order valence-electron chi connectivity index (χ0n) is 9.38. The van der Waals surface area contributed by atoms with Gasteiger partial charge in [-0.15, -0.1) is 0 Å². The highest BCUT2D eigenvalue weighted by molar-refractivity contribution is 7.99. The summed E-state index contributed by atoms with van der Waals surface area (Å²) in [4.78, 5) is 11.9. The predicted octanol–water partition coefficient (Wildman–Crippen LogP) is 0.716. The lowest BCUT2D eigenvalue weighted by atomic mass is 10.5. The Balaban J connectivity index is 2.73. The predicted molar refractivity (Wildman–Crippen MR) is 62.4 cm³/mol. The SMILES string of the molecule is CCCOc1nc(N)nc(SC(C)CO)n1. The van der Waals surface area contributed by atoms with Gasteiger partial charge in [0.15, 0.2) is 5.16 Å². The molecule has 1 atom stereocenters. The van der Waals surface area contributed by atoms with Gasteiger partial charge in [-0.2, -0.15) is 15.0 Å². The van der Waals surface area contributed by atoms with Crippen LogP contribution in [0.1, 0.15) is 20.3 Å². The quantitative estimate of drug-likeness (QED) is 0.712. The number of aromatic nitrogens is 3. The van der Waals surface area contributed by atoms with E-state index in [0.717, 1.165) is 6.42 Å². The number of thioether (sulfide) groups is 1. The molecule has 0 radical (unpaired) electrons. The van der Waals surface area contributed by atoms with E-state index in [1.165, 1.54) is 11.8 Å². The van der Waals surface area contributed by atoms with Gasteiger partial charge in [-0.25, -0.2) is 0 Å². The molecule has 1 rings (SSSR count). The number of aliphatic hydroxyl groups is 1. The number of ether oxygens (including phenoxy) is 1. The molecule has 0 bridgehead atoms. The van der Waals surface area contributed by atoms with Crippen molar-refractivity contribution in [3.63, 3.8) is 0 Å². The Morgan fingerprint density at radius 3 is 2.81 bits per heavy atom. The van der Waals surface area contributed by atoms with Crippen LogP contribution in [0.25, 0.3) is 0 Å². The van der Waals surface area contributed by atoms with Crippen molar-refractivity contribution >= 4 is 17.7 Å². The lowest BCUT2D eigenvalue weighted by Gasteiger charge is -2.08. The van der Waals surface area contributed by atoms with Crippen LogP contribution in [-0.2, 0) is 0 Å². The average Bonchev–Trinajstić information content (AvgIpc) is 2.25. The molecule has 1 aromatic heterocycles.